The lowest BCUT2D eigenvalue weighted by Crippen LogP contribution is -2.39. The van der Waals surface area contributed by atoms with Gasteiger partial charge >= 0.3 is 0 Å². The van der Waals surface area contributed by atoms with Crippen molar-refractivity contribution in [3.8, 4) is 5.75 Å². The summed E-state index contributed by atoms with van der Waals surface area (Å²) >= 11 is 0. The van der Waals surface area contributed by atoms with E-state index in [1.807, 2.05) is 0 Å². The third-order valence-electron chi connectivity index (χ3n) is 6.24. The van der Waals surface area contributed by atoms with Gasteiger partial charge in [0.15, 0.2) is 0 Å². The molecule has 1 saturated heterocycles. The van der Waals surface area contributed by atoms with Crippen LogP contribution in [0.3, 0.4) is 0 Å². The Morgan fingerprint density at radius 3 is 2.48 bits per heavy atom. The number of likely N-dealkylation sites (tertiary alicyclic amines) is 1. The van der Waals surface area contributed by atoms with Crippen LogP contribution in [0.4, 0.5) is 11.4 Å². The molecule has 0 unspecified atom stereocenters. The van der Waals surface area contributed by atoms with Crippen LogP contribution in [-0.2, 0) is 13.0 Å². The lowest BCUT2D eigenvalue weighted by molar-refractivity contribution is 0.261. The highest BCUT2D eigenvalue weighted by molar-refractivity contribution is 5.72. The Kier molecular flexibility index (Phi) is 5.23. The van der Waals surface area contributed by atoms with Crippen LogP contribution in [-0.4, -0.2) is 30.6 Å². The maximum atomic E-state index is 6.15. The number of anilines is 2. The number of hydrogen-bond donors (Lipinski definition) is 0. The fraction of sp³-hybridized carbons (Fsp3) is 0.308. The molecule has 0 radical (unpaired) electrons. The van der Waals surface area contributed by atoms with E-state index >= 15 is 0 Å². The van der Waals surface area contributed by atoms with Crippen molar-refractivity contribution in [2.75, 3.05) is 24.5 Å². The summed E-state index contributed by atoms with van der Waals surface area (Å²) in [6.45, 7) is 3.96. The number of benzene rings is 3. The number of hydrogen-bond acceptors (Lipinski definition) is 3. The molecule has 0 spiro atoms. The molecule has 0 aromatic heterocycles. The number of ether oxygens (including phenoxy) is 1. The zero-order chi connectivity index (χ0) is 19.5. The monoisotopic (exact) mass is 384 g/mol. The minimum absolute atomic E-state index is 0.568. The zero-order valence-corrected chi connectivity index (χ0v) is 16.8. The SMILES string of the molecule is c1ccc(CCN2CCC[C@H]2CN2c3ccccc3COc3ccccc32)cc1. The topological polar surface area (TPSA) is 15.7 Å². The van der Waals surface area contributed by atoms with Gasteiger partial charge in [0.1, 0.15) is 12.4 Å². The molecule has 2 aliphatic heterocycles. The van der Waals surface area contributed by atoms with E-state index in [2.05, 4.69) is 88.7 Å². The molecular formula is C26H28N2O. The first-order valence-corrected chi connectivity index (χ1v) is 10.7. The fourth-order valence-corrected chi connectivity index (χ4v) is 4.70. The van der Waals surface area contributed by atoms with Gasteiger partial charge in [-0.1, -0.05) is 60.7 Å². The maximum Gasteiger partial charge on any atom is 0.143 e. The standard InChI is InChI=1S/C26H28N2O/c1-2-9-21(10-3-1)16-18-27-17-8-12-23(27)19-28-24-13-5-4-11-22(24)20-29-26-15-7-6-14-25(26)28/h1-7,9-11,13-15,23H,8,12,16-20H2/t23-/m0/s1. The molecule has 2 aliphatic rings. The van der Waals surface area contributed by atoms with Crippen molar-refractivity contribution < 1.29 is 4.74 Å². The number of nitrogens with zero attached hydrogens (tertiary/aromatic N) is 2. The summed E-state index contributed by atoms with van der Waals surface area (Å²) in [4.78, 5) is 5.17. The minimum atomic E-state index is 0.568. The van der Waals surface area contributed by atoms with Gasteiger partial charge in [0.2, 0.25) is 0 Å². The Balaban J connectivity index is 1.39. The van der Waals surface area contributed by atoms with E-state index in [1.165, 1.54) is 41.9 Å². The van der Waals surface area contributed by atoms with Crippen LogP contribution in [0.2, 0.25) is 0 Å². The van der Waals surface area contributed by atoms with Crippen LogP contribution < -0.4 is 9.64 Å². The van der Waals surface area contributed by atoms with Gasteiger partial charge in [-0.2, -0.15) is 0 Å². The first-order valence-electron chi connectivity index (χ1n) is 10.7. The fourth-order valence-electron chi connectivity index (χ4n) is 4.70. The van der Waals surface area contributed by atoms with Crippen molar-refractivity contribution in [1.29, 1.82) is 0 Å². The number of fused-ring (bicyclic) bond motifs is 2. The average Bonchev–Trinajstić information content (AvgIpc) is 3.16. The predicted octanol–water partition coefficient (Wildman–Crippen LogP) is 5.42. The summed E-state index contributed by atoms with van der Waals surface area (Å²) in [6, 6.07) is 28.6. The van der Waals surface area contributed by atoms with Crippen molar-refractivity contribution in [2.45, 2.75) is 31.9 Å². The highest BCUT2D eigenvalue weighted by atomic mass is 16.5. The average molecular weight is 385 g/mol. The third kappa shape index (κ3) is 3.88. The number of para-hydroxylation sites is 3. The summed E-state index contributed by atoms with van der Waals surface area (Å²) in [6.07, 6.45) is 3.66. The van der Waals surface area contributed by atoms with Gasteiger partial charge in [-0.05, 0) is 49.6 Å². The van der Waals surface area contributed by atoms with Crippen molar-refractivity contribution in [3.63, 3.8) is 0 Å². The Labute approximate surface area is 173 Å². The lowest BCUT2D eigenvalue weighted by Gasteiger charge is -2.32. The van der Waals surface area contributed by atoms with E-state index in [-0.39, 0.29) is 0 Å². The van der Waals surface area contributed by atoms with Crippen molar-refractivity contribution in [1.82, 2.24) is 4.90 Å². The summed E-state index contributed by atoms with van der Waals surface area (Å²) in [5, 5.41) is 0. The van der Waals surface area contributed by atoms with E-state index in [4.69, 9.17) is 4.74 Å². The van der Waals surface area contributed by atoms with Crippen LogP contribution in [0, 0.1) is 0 Å². The molecule has 0 saturated carbocycles. The normalized spacial score (nSPS) is 18.6. The van der Waals surface area contributed by atoms with E-state index < -0.39 is 0 Å². The Bertz CT molecular complexity index is 908. The molecular weight excluding hydrogens is 356 g/mol. The molecule has 1 atom stereocenters. The van der Waals surface area contributed by atoms with E-state index in [9.17, 15) is 0 Å². The van der Waals surface area contributed by atoms with Crippen LogP contribution in [0.5, 0.6) is 5.75 Å². The molecule has 0 N–H and O–H groups in total. The van der Waals surface area contributed by atoms with E-state index in [1.54, 1.807) is 0 Å². The van der Waals surface area contributed by atoms with Crippen molar-refractivity contribution in [2.24, 2.45) is 0 Å². The smallest absolute Gasteiger partial charge is 0.143 e. The second-order valence-corrected chi connectivity index (χ2v) is 8.06. The molecule has 0 amide bonds. The highest BCUT2D eigenvalue weighted by Gasteiger charge is 2.29. The second kappa shape index (κ2) is 8.30. The Morgan fingerprint density at radius 1 is 0.828 bits per heavy atom. The van der Waals surface area contributed by atoms with Gasteiger partial charge in [-0.15, -0.1) is 0 Å². The van der Waals surface area contributed by atoms with Gasteiger partial charge in [-0.3, -0.25) is 4.90 Å². The van der Waals surface area contributed by atoms with Gasteiger partial charge in [0.05, 0.1) is 5.69 Å². The molecule has 148 valence electrons. The van der Waals surface area contributed by atoms with E-state index in [0.29, 0.717) is 12.6 Å². The zero-order valence-electron chi connectivity index (χ0n) is 16.8. The van der Waals surface area contributed by atoms with Crippen LogP contribution in [0.25, 0.3) is 0 Å². The molecule has 5 rings (SSSR count). The first-order chi connectivity index (χ1) is 14.4. The van der Waals surface area contributed by atoms with Gasteiger partial charge < -0.3 is 9.64 Å². The maximum absolute atomic E-state index is 6.15. The quantitative estimate of drug-likeness (QED) is 0.584. The molecule has 0 aliphatic carbocycles. The summed E-state index contributed by atoms with van der Waals surface area (Å²) < 4.78 is 6.15. The molecule has 3 aromatic rings. The second-order valence-electron chi connectivity index (χ2n) is 8.06. The summed E-state index contributed by atoms with van der Waals surface area (Å²) in [7, 11) is 0. The summed E-state index contributed by atoms with van der Waals surface area (Å²) in [5.41, 5.74) is 5.16. The Morgan fingerprint density at radius 2 is 1.59 bits per heavy atom. The van der Waals surface area contributed by atoms with Crippen molar-refractivity contribution >= 4 is 11.4 Å². The predicted molar refractivity (Wildman–Crippen MR) is 119 cm³/mol. The molecule has 3 aromatic carbocycles. The lowest BCUT2D eigenvalue weighted by atomic mass is 10.1. The van der Waals surface area contributed by atoms with Crippen molar-refractivity contribution in [3.05, 3.63) is 90.0 Å². The molecule has 3 heteroatoms. The van der Waals surface area contributed by atoms with Crippen LogP contribution in [0.15, 0.2) is 78.9 Å². The molecule has 1 fully saturated rings. The van der Waals surface area contributed by atoms with Gasteiger partial charge in [-0.25, -0.2) is 0 Å². The van der Waals surface area contributed by atoms with Gasteiger partial charge in [0, 0.05) is 30.4 Å². The minimum Gasteiger partial charge on any atom is -0.487 e. The first kappa shape index (κ1) is 18.3. The largest absolute Gasteiger partial charge is 0.487 e. The highest BCUT2D eigenvalue weighted by Crippen LogP contribution is 2.40. The summed E-state index contributed by atoms with van der Waals surface area (Å²) in [5.74, 6) is 0.984. The number of rotatable bonds is 5. The van der Waals surface area contributed by atoms with Gasteiger partial charge in [0.25, 0.3) is 0 Å². The van der Waals surface area contributed by atoms with E-state index in [0.717, 1.165) is 25.3 Å². The molecule has 29 heavy (non-hydrogen) atoms. The molecule has 3 nitrogen and oxygen atoms in total. The Hall–Kier alpha value is -2.78. The third-order valence-corrected chi connectivity index (χ3v) is 6.24. The van der Waals surface area contributed by atoms with Crippen LogP contribution >= 0.6 is 0 Å². The molecule has 2 heterocycles. The molecule has 0 bridgehead atoms. The van der Waals surface area contributed by atoms with Crippen LogP contribution in [0.1, 0.15) is 24.0 Å².